The third-order valence-electron chi connectivity index (χ3n) is 7.57. The topological polar surface area (TPSA) is 150 Å². The zero-order valence-corrected chi connectivity index (χ0v) is 27.3. The summed E-state index contributed by atoms with van der Waals surface area (Å²) >= 11 is 0. The van der Waals surface area contributed by atoms with Crippen LogP contribution in [0.5, 0.6) is 0 Å². The van der Waals surface area contributed by atoms with Crippen LogP contribution in [0.2, 0.25) is 0 Å². The summed E-state index contributed by atoms with van der Waals surface area (Å²) in [6.07, 6.45) is 2.96. The first-order valence-electron chi connectivity index (χ1n) is 15.1. The van der Waals surface area contributed by atoms with Gasteiger partial charge in [-0.25, -0.2) is 0 Å². The molecule has 1 radical (unpaired) electrons. The van der Waals surface area contributed by atoms with Gasteiger partial charge in [-0.1, -0.05) is 27.7 Å². The molecular weight excluding hydrogens is 672 g/mol. The molecule has 2 heterocycles. The van der Waals surface area contributed by atoms with Gasteiger partial charge in [0.05, 0.1) is 31.3 Å². The minimum absolute atomic E-state index is 0. The molecule has 41 heavy (non-hydrogen) atoms. The zero-order chi connectivity index (χ0) is 28.7. The number of carboxylic acid groups (broad SMARTS) is 1. The molecule has 0 saturated carbocycles. The van der Waals surface area contributed by atoms with E-state index in [1.807, 2.05) is 9.80 Å². The third kappa shape index (κ3) is 21.7. The van der Waals surface area contributed by atoms with Crippen LogP contribution in [-0.4, -0.2) is 178 Å². The molecule has 12 nitrogen and oxygen atoms in total. The Balaban J connectivity index is 0. The summed E-state index contributed by atoms with van der Waals surface area (Å²) in [5, 5.41) is 50.4. The van der Waals surface area contributed by atoms with Crippen molar-refractivity contribution in [3.63, 3.8) is 0 Å². The number of aliphatic hydroxyl groups is 3. The Morgan fingerprint density at radius 2 is 1.12 bits per heavy atom. The second-order valence-electron chi connectivity index (χ2n) is 10.4. The van der Waals surface area contributed by atoms with Crippen LogP contribution in [0.4, 0.5) is 0 Å². The van der Waals surface area contributed by atoms with E-state index >= 15 is 0 Å². The number of hydrogen-bond acceptors (Lipinski definition) is 12. The second-order valence-corrected chi connectivity index (χ2v) is 10.4. The number of hydrogen-bond donors (Lipinski definition) is 6. The summed E-state index contributed by atoms with van der Waals surface area (Å²) < 4.78 is 0. The molecule has 2 aliphatic heterocycles. The van der Waals surface area contributed by atoms with Crippen molar-refractivity contribution in [1.82, 2.24) is 35.6 Å². The van der Waals surface area contributed by atoms with Gasteiger partial charge in [0.1, 0.15) is 0 Å². The molecular formula is C28H62GdN7O5+2. The van der Waals surface area contributed by atoms with Crippen LogP contribution < -0.4 is 21.1 Å². The summed E-state index contributed by atoms with van der Waals surface area (Å²) in [7, 11) is 0. The fraction of sp³-hybridized carbons (Fsp3) is 0.964. The first-order valence-corrected chi connectivity index (χ1v) is 15.1. The van der Waals surface area contributed by atoms with Crippen LogP contribution in [0.15, 0.2) is 0 Å². The summed E-state index contributed by atoms with van der Waals surface area (Å²) in [6.45, 7) is 17.6. The van der Waals surface area contributed by atoms with Crippen LogP contribution in [0.25, 0.3) is 0 Å². The predicted octanol–water partition coefficient (Wildman–Crippen LogP) is -2.71. The SMILES string of the molecule is C.C1CCNCCNCCNCC1.CCN1CCN(CC)CCN([C@H](CO)[C@H](O)CO)CCN(CC(=O)[O-])CC1.[Gd+3]. The summed E-state index contributed by atoms with van der Waals surface area (Å²) in [4.78, 5) is 19.5. The Morgan fingerprint density at radius 1 is 0.707 bits per heavy atom. The van der Waals surface area contributed by atoms with Crippen LogP contribution >= 0.6 is 0 Å². The van der Waals surface area contributed by atoms with Crippen LogP contribution in [0, 0.1) is 39.9 Å². The van der Waals surface area contributed by atoms with Crippen LogP contribution in [-0.2, 0) is 4.79 Å². The molecule has 0 amide bonds. The van der Waals surface area contributed by atoms with Crippen molar-refractivity contribution in [2.45, 2.75) is 52.7 Å². The van der Waals surface area contributed by atoms with E-state index < -0.39 is 24.7 Å². The Bertz CT molecular complexity index is 557. The van der Waals surface area contributed by atoms with Gasteiger partial charge in [0.25, 0.3) is 0 Å². The molecule has 0 bridgehead atoms. The van der Waals surface area contributed by atoms with Gasteiger partial charge in [0.2, 0.25) is 0 Å². The fourth-order valence-electron chi connectivity index (χ4n) is 4.86. The Morgan fingerprint density at radius 3 is 1.54 bits per heavy atom. The van der Waals surface area contributed by atoms with Crippen molar-refractivity contribution in [3.05, 3.63) is 0 Å². The number of carbonyl (C=O) groups is 1. The number of aliphatic carboxylic acids is 1. The van der Waals surface area contributed by atoms with Gasteiger partial charge in [-0.2, -0.15) is 0 Å². The summed E-state index contributed by atoms with van der Waals surface area (Å²) in [5.74, 6) is -1.11. The molecule has 13 heteroatoms. The molecule has 0 unspecified atom stereocenters. The monoisotopic (exact) mass is 734 g/mol. The molecule has 0 aromatic heterocycles. The quantitative estimate of drug-likeness (QED) is 0.154. The normalized spacial score (nSPS) is 22.0. The summed E-state index contributed by atoms with van der Waals surface area (Å²) in [6, 6.07) is -0.575. The average Bonchev–Trinajstić information content (AvgIpc) is 2.92. The van der Waals surface area contributed by atoms with E-state index in [4.69, 9.17) is 0 Å². The average molecular weight is 734 g/mol. The number of nitrogens with zero attached hydrogens (tertiary/aromatic N) is 4. The standard InChI is InChI=1S/C18H38N4O5.C9H21N3.CH4.Gd/c1-3-19-5-6-20(4-2)9-11-22(16(14-23)17(25)15-24)12-10-21(8-7-19)13-18(26)27;1-2-4-10-6-8-12-9-7-11-5-3-1;;/h16-17,23-25H,3-15H2,1-2H3,(H,26,27);10-12H,1-9H2;1H4;/q;;;+3/p-1/t16-,17-;;;/m1.../s1. The molecule has 2 atom stereocenters. The minimum atomic E-state index is -1.11. The first-order chi connectivity index (χ1) is 18.9. The maximum absolute atomic E-state index is 11.1. The minimum Gasteiger partial charge on any atom is -0.549 e. The van der Waals surface area contributed by atoms with E-state index in [2.05, 4.69) is 39.6 Å². The van der Waals surface area contributed by atoms with E-state index in [9.17, 15) is 25.2 Å². The summed E-state index contributed by atoms with van der Waals surface area (Å²) in [5.41, 5.74) is 0. The van der Waals surface area contributed by atoms with Crippen molar-refractivity contribution in [1.29, 1.82) is 0 Å². The van der Waals surface area contributed by atoms with Gasteiger partial charge in [-0.15, -0.1) is 0 Å². The maximum Gasteiger partial charge on any atom is 3.00 e. The van der Waals surface area contributed by atoms with Gasteiger partial charge in [-0.3, -0.25) is 9.80 Å². The molecule has 6 N–H and O–H groups in total. The zero-order valence-electron chi connectivity index (χ0n) is 25.0. The van der Waals surface area contributed by atoms with E-state index in [0.29, 0.717) is 26.2 Å². The van der Waals surface area contributed by atoms with Crippen molar-refractivity contribution in [2.24, 2.45) is 0 Å². The fourth-order valence-corrected chi connectivity index (χ4v) is 4.86. The van der Waals surface area contributed by atoms with E-state index in [1.54, 1.807) is 0 Å². The number of aliphatic hydroxyl groups excluding tert-OH is 3. The Hall–Kier alpha value is 0.395. The number of carboxylic acids is 1. The van der Waals surface area contributed by atoms with Crippen molar-refractivity contribution in [3.8, 4) is 0 Å². The third-order valence-corrected chi connectivity index (χ3v) is 7.57. The molecule has 0 aliphatic carbocycles. The second kappa shape index (κ2) is 29.1. The molecule has 2 rings (SSSR count). The molecule has 245 valence electrons. The largest absolute Gasteiger partial charge is 3.00 e. The van der Waals surface area contributed by atoms with Crippen molar-refractivity contribution < 1.29 is 65.2 Å². The van der Waals surface area contributed by atoms with Gasteiger partial charge in [-0.05, 0) is 39.0 Å². The van der Waals surface area contributed by atoms with Gasteiger partial charge in [0.15, 0.2) is 0 Å². The first kappa shape index (κ1) is 43.5. The molecule has 0 aromatic carbocycles. The van der Waals surface area contributed by atoms with Crippen molar-refractivity contribution >= 4 is 5.97 Å². The Kier molecular flexibility index (Phi) is 30.9. The number of likely N-dealkylation sites (N-methyl/N-ethyl adjacent to an activating group) is 2. The van der Waals surface area contributed by atoms with Crippen LogP contribution in [0.3, 0.4) is 0 Å². The van der Waals surface area contributed by atoms with Crippen LogP contribution in [0.1, 0.15) is 40.5 Å². The Labute approximate surface area is 282 Å². The van der Waals surface area contributed by atoms with Gasteiger partial charge >= 0.3 is 39.9 Å². The number of nitrogens with one attached hydrogen (secondary N) is 3. The number of carbonyl (C=O) groups excluding carboxylic acids is 1. The molecule has 2 aliphatic rings. The van der Waals surface area contributed by atoms with Crippen molar-refractivity contribution in [2.75, 3.05) is 124 Å². The molecule has 2 saturated heterocycles. The maximum atomic E-state index is 11.1. The van der Waals surface area contributed by atoms with Gasteiger partial charge in [0, 0.05) is 85.1 Å². The smallest absolute Gasteiger partial charge is 0.549 e. The van der Waals surface area contributed by atoms with E-state index in [-0.39, 0.29) is 60.5 Å². The molecule has 0 spiro atoms. The van der Waals surface area contributed by atoms with Gasteiger partial charge < -0.3 is 51.0 Å². The number of rotatable bonds is 8. The predicted molar refractivity (Wildman–Crippen MR) is 160 cm³/mol. The van der Waals surface area contributed by atoms with E-state index in [0.717, 1.165) is 65.4 Å². The van der Waals surface area contributed by atoms with E-state index in [1.165, 1.54) is 32.4 Å². The molecule has 0 aromatic rings. The molecule has 2 fully saturated rings.